The predicted molar refractivity (Wildman–Crippen MR) is 319 cm³/mol. The van der Waals surface area contributed by atoms with Crippen LogP contribution in [-0.2, 0) is 53.8 Å². The maximum atomic E-state index is 15.2. The summed E-state index contributed by atoms with van der Waals surface area (Å²) < 4.78 is 225. The molecular formula is C63H76F12N8O14. The molecule has 6 heterocycles. The number of hydrogen-bond acceptors (Lipinski definition) is 20. The number of imide groups is 2. The van der Waals surface area contributed by atoms with E-state index >= 15 is 13.2 Å². The lowest BCUT2D eigenvalue weighted by Gasteiger charge is -2.32. The number of fused-ring (bicyclic) bond motifs is 10. The van der Waals surface area contributed by atoms with Crippen molar-refractivity contribution in [2.24, 2.45) is 0 Å². The molecule has 2 aliphatic heterocycles. The molecular weight excluding hydrogens is 1320 g/mol. The highest BCUT2D eigenvalue weighted by molar-refractivity contribution is 6.12. The highest BCUT2D eigenvalue weighted by Gasteiger charge is 2.62. The van der Waals surface area contributed by atoms with Crippen molar-refractivity contribution < 1.29 is 119 Å². The Labute approximate surface area is 549 Å². The first-order valence-corrected chi connectivity index (χ1v) is 30.5. The second-order valence-electron chi connectivity index (χ2n) is 26.4. The van der Waals surface area contributed by atoms with E-state index in [1.165, 1.54) is 95.2 Å². The second-order valence-corrected chi connectivity index (χ2v) is 26.4. The molecule has 22 nitrogen and oxygen atoms in total. The minimum atomic E-state index is -5.29. The Bertz CT molecular complexity index is 3530. The first-order chi connectivity index (χ1) is 44.5. The van der Waals surface area contributed by atoms with E-state index in [9.17, 15) is 63.8 Å². The third-order valence-electron chi connectivity index (χ3n) is 13.8. The number of aliphatic hydroxyl groups is 1. The van der Waals surface area contributed by atoms with Gasteiger partial charge < -0.3 is 47.1 Å². The van der Waals surface area contributed by atoms with Crippen molar-refractivity contribution in [2.75, 3.05) is 9.80 Å². The average Bonchev–Trinajstić information content (AvgIpc) is 1.75. The SMILES string of the molecule is CCC1CCC=CC[C@](OCc2ccccc2)(C(F)(F)F)c2nnc(o2)-c2nc(c(C(F)(F)F)cc2N(C(=O)OC(C)(C)C)C(=O)OC(C)(C)C)O1.CCC1CCCCC[C@](O)(C(F)(F)F)c2nnc(o2)-c2nc(c(C(F)(F)F)cc2N(C(=O)OC(C)(C)C)C(=O)OC(C)(C)C)O1. The number of allylic oxidation sites excluding steroid dienone is 1. The molecule has 0 radical (unpaired) electrons. The van der Waals surface area contributed by atoms with Gasteiger partial charge in [0.2, 0.25) is 23.0 Å². The molecule has 0 saturated heterocycles. The van der Waals surface area contributed by atoms with Crippen LogP contribution in [0.25, 0.3) is 23.2 Å². The van der Waals surface area contributed by atoms with Crippen molar-refractivity contribution >= 4 is 35.7 Å². The molecule has 97 heavy (non-hydrogen) atoms. The van der Waals surface area contributed by atoms with Crippen molar-refractivity contribution in [3.8, 4) is 34.9 Å². The van der Waals surface area contributed by atoms with E-state index in [2.05, 4.69) is 30.4 Å². The standard InChI is InChI=1S/C35H40F6N4O7.C28H36F6N4O7/c1-8-22-17-13-10-14-18-33(35(39,40)41,48-20-21-15-11-9-12-16-21)28-44-43-27(50-28)25-24(19-23(34(36,37)38)26(42-25)49-22)45(29(46)51-31(2,3)4)30(47)52-32(5,6)7;1-8-15-12-10-9-11-13-26(41,28(32,33)34)21-37-36-20(43-21)18-17(14-16(27(29,30)31)19(35-18)42-15)38(22(39)44-24(2,3)4)23(40)45-25(5,6)7/h9-12,14-16,19,22H,8,13,17-18,20H2,1-7H3;14-15,41H,8-13H2,1-7H3/t22?,33-;15?,26-/m11/s1. The average molecular weight is 1400 g/mol. The van der Waals surface area contributed by atoms with Crippen molar-refractivity contribution in [1.82, 2.24) is 30.4 Å². The number of nitrogens with zero attached hydrogens (tertiary/aromatic N) is 8. The van der Waals surface area contributed by atoms with E-state index < -0.39 is 184 Å². The zero-order valence-electron chi connectivity index (χ0n) is 55.5. The number of carbonyl (C=O) groups excluding carboxylic acids is 4. The van der Waals surface area contributed by atoms with Gasteiger partial charge in [0.1, 0.15) is 45.7 Å². The van der Waals surface area contributed by atoms with Crippen molar-refractivity contribution in [2.45, 2.75) is 238 Å². The molecule has 0 saturated carbocycles. The lowest BCUT2D eigenvalue weighted by Crippen LogP contribution is -2.45. The third-order valence-corrected chi connectivity index (χ3v) is 13.8. The number of anilines is 2. The monoisotopic (exact) mass is 1400 g/mol. The Morgan fingerprint density at radius 1 is 0.546 bits per heavy atom. The van der Waals surface area contributed by atoms with E-state index in [-0.39, 0.29) is 61.2 Å². The van der Waals surface area contributed by atoms with E-state index in [0.29, 0.717) is 17.7 Å². The normalized spacial score (nSPS) is 19.3. The summed E-state index contributed by atoms with van der Waals surface area (Å²) in [7, 11) is 0. The lowest BCUT2D eigenvalue weighted by atomic mass is 9.94. The number of ether oxygens (including phenoxy) is 7. The van der Waals surface area contributed by atoms with Crippen LogP contribution in [0.2, 0.25) is 0 Å². The Kier molecular flexibility index (Phi) is 23.6. The van der Waals surface area contributed by atoms with Gasteiger partial charge in [0, 0.05) is 6.42 Å². The highest BCUT2D eigenvalue weighted by Crippen LogP contribution is 2.50. The van der Waals surface area contributed by atoms with Gasteiger partial charge in [-0.15, -0.1) is 20.4 Å². The first kappa shape index (κ1) is 77.7. The topological polar surface area (TPSA) is 263 Å². The van der Waals surface area contributed by atoms with Gasteiger partial charge in [-0.1, -0.05) is 62.8 Å². The number of benzene rings is 1. The number of carbonyl (C=O) groups is 4. The lowest BCUT2D eigenvalue weighted by molar-refractivity contribution is -0.295. The maximum Gasteiger partial charge on any atom is 0.426 e. The zero-order valence-corrected chi connectivity index (χ0v) is 55.5. The summed E-state index contributed by atoms with van der Waals surface area (Å²) in [6.45, 7) is 19.9. The minimum absolute atomic E-state index is 0.0906. The Hall–Kier alpha value is -8.30. The van der Waals surface area contributed by atoms with Gasteiger partial charge in [-0.25, -0.2) is 29.1 Å². The van der Waals surface area contributed by atoms with Gasteiger partial charge in [0.05, 0.1) is 18.0 Å². The van der Waals surface area contributed by atoms with Crippen LogP contribution < -0.4 is 19.3 Å². The molecule has 2 aliphatic rings. The Morgan fingerprint density at radius 2 is 0.959 bits per heavy atom. The fourth-order valence-corrected chi connectivity index (χ4v) is 9.22. The molecule has 2 unspecified atom stereocenters. The summed E-state index contributed by atoms with van der Waals surface area (Å²) in [5.74, 6) is -6.30. The van der Waals surface area contributed by atoms with Crippen molar-refractivity contribution in [3.63, 3.8) is 0 Å². The molecule has 536 valence electrons. The van der Waals surface area contributed by atoms with Crippen LogP contribution in [0.5, 0.6) is 11.8 Å². The number of alkyl halides is 12. The molecule has 0 spiro atoms. The van der Waals surface area contributed by atoms with Gasteiger partial charge in [0.15, 0.2) is 11.4 Å². The molecule has 4 amide bonds. The zero-order chi connectivity index (χ0) is 72.9. The van der Waals surface area contributed by atoms with Crippen LogP contribution in [0.3, 0.4) is 0 Å². The van der Waals surface area contributed by atoms with Crippen LogP contribution in [0.4, 0.5) is 83.2 Å². The number of hydrogen-bond donors (Lipinski definition) is 1. The molecule has 7 rings (SSSR count). The highest BCUT2D eigenvalue weighted by atomic mass is 19.4. The number of halogens is 12. The van der Waals surface area contributed by atoms with Gasteiger partial charge in [-0.05, 0) is 152 Å². The number of rotatable bonds is 7. The number of pyridine rings is 2. The van der Waals surface area contributed by atoms with E-state index in [4.69, 9.17) is 42.0 Å². The maximum absolute atomic E-state index is 15.2. The smallest absolute Gasteiger partial charge is 0.426 e. The van der Waals surface area contributed by atoms with Crippen LogP contribution in [-0.4, -0.2) is 107 Å². The molecule has 34 heteroatoms. The Morgan fingerprint density at radius 3 is 1.35 bits per heavy atom. The summed E-state index contributed by atoms with van der Waals surface area (Å²) in [5, 5.41) is 25.0. The summed E-state index contributed by atoms with van der Waals surface area (Å²) in [6, 6.07) is 8.70. The van der Waals surface area contributed by atoms with Crippen LogP contribution in [0.15, 0.2) is 63.5 Å². The van der Waals surface area contributed by atoms with Crippen molar-refractivity contribution in [1.29, 1.82) is 0 Å². The summed E-state index contributed by atoms with van der Waals surface area (Å²) in [5.41, 5.74) is -18.2. The summed E-state index contributed by atoms with van der Waals surface area (Å²) in [4.78, 5) is 62.1. The van der Waals surface area contributed by atoms with Crippen molar-refractivity contribution in [3.05, 3.63) is 83.1 Å². The Balaban J connectivity index is 0.000000310. The van der Waals surface area contributed by atoms with Gasteiger partial charge in [-0.3, -0.25) is 0 Å². The molecule has 4 atom stereocenters. The summed E-state index contributed by atoms with van der Waals surface area (Å²) >= 11 is 0. The molecule has 0 fully saturated rings. The van der Waals surface area contributed by atoms with Crippen LogP contribution in [0.1, 0.15) is 190 Å². The largest absolute Gasteiger partial charge is 0.474 e. The molecule has 5 aromatic rings. The summed E-state index contributed by atoms with van der Waals surface area (Å²) in [6.07, 6.45) is -26.6. The quantitative estimate of drug-likeness (QED) is 0.0901. The van der Waals surface area contributed by atoms with Crippen LogP contribution in [0, 0.1) is 0 Å². The third kappa shape index (κ3) is 19.9. The number of aromatic nitrogens is 6. The van der Waals surface area contributed by atoms with Gasteiger partial charge >= 0.3 is 49.1 Å². The van der Waals surface area contributed by atoms with E-state index in [0.717, 1.165) is 0 Å². The van der Waals surface area contributed by atoms with E-state index in [1.807, 2.05) is 0 Å². The van der Waals surface area contributed by atoms with Crippen LogP contribution >= 0.6 is 0 Å². The minimum Gasteiger partial charge on any atom is -0.474 e. The fourth-order valence-electron chi connectivity index (χ4n) is 9.22. The fraction of sp³-hybridized carbons (Fsp3) is 0.587. The first-order valence-electron chi connectivity index (χ1n) is 30.5. The molecule has 4 aromatic heterocycles. The number of amides is 4. The molecule has 8 bridgehead atoms. The van der Waals surface area contributed by atoms with Gasteiger partial charge in [0.25, 0.3) is 23.6 Å². The second kappa shape index (κ2) is 29.4. The van der Waals surface area contributed by atoms with E-state index in [1.54, 1.807) is 44.2 Å². The van der Waals surface area contributed by atoms with Gasteiger partial charge in [-0.2, -0.15) is 62.5 Å². The molecule has 0 aliphatic carbocycles. The molecule has 1 aromatic carbocycles. The molecule has 1 N–H and O–H groups in total. The predicted octanol–water partition coefficient (Wildman–Crippen LogP) is 17.4.